The van der Waals surface area contributed by atoms with Gasteiger partial charge in [0.15, 0.2) is 6.61 Å². The van der Waals surface area contributed by atoms with E-state index in [4.69, 9.17) is 4.74 Å². The molecule has 2 aliphatic rings. The van der Waals surface area contributed by atoms with Crippen LogP contribution in [0.25, 0.3) is 0 Å². The van der Waals surface area contributed by atoms with E-state index in [2.05, 4.69) is 27.5 Å². The second-order valence-corrected chi connectivity index (χ2v) is 6.84. The van der Waals surface area contributed by atoms with E-state index in [-0.39, 0.29) is 18.4 Å². The van der Waals surface area contributed by atoms with Gasteiger partial charge in [0, 0.05) is 43.1 Å². The van der Waals surface area contributed by atoms with Crippen molar-refractivity contribution >= 4 is 28.9 Å². The number of fused-ring (bicyclic) bond motifs is 1. The second kappa shape index (κ2) is 7.28. The molecule has 1 fully saturated rings. The molecule has 0 spiro atoms. The number of ether oxygens (including phenoxy) is 1. The molecule has 0 atom stereocenters. The maximum atomic E-state index is 12.5. The Morgan fingerprint density at radius 2 is 1.81 bits per heavy atom. The number of benzene rings is 2. The number of carbonyl (C=O) groups excluding carboxylic acids is 2. The lowest BCUT2D eigenvalue weighted by atomic mass is 10.1. The predicted octanol–water partition coefficient (Wildman–Crippen LogP) is 2.02. The summed E-state index contributed by atoms with van der Waals surface area (Å²) in [4.78, 5) is 28.5. The molecule has 0 aromatic heterocycles. The van der Waals surface area contributed by atoms with Gasteiger partial charge in [-0.25, -0.2) is 0 Å². The Balaban J connectivity index is 1.41. The summed E-state index contributed by atoms with van der Waals surface area (Å²) in [5.41, 5.74) is 2.97. The Bertz CT molecular complexity index is 858. The molecular formula is C20H22N4O3. The fourth-order valence-electron chi connectivity index (χ4n) is 3.24. The van der Waals surface area contributed by atoms with Crippen LogP contribution in [0.5, 0.6) is 5.75 Å². The first-order chi connectivity index (χ1) is 13.1. The van der Waals surface area contributed by atoms with Gasteiger partial charge in [-0.05, 0) is 49.5 Å². The van der Waals surface area contributed by atoms with Gasteiger partial charge in [-0.15, -0.1) is 0 Å². The number of carbonyl (C=O) groups is 2. The summed E-state index contributed by atoms with van der Waals surface area (Å²) in [5.74, 6) is 0.0958. The van der Waals surface area contributed by atoms with Crippen LogP contribution >= 0.6 is 0 Å². The van der Waals surface area contributed by atoms with E-state index in [1.807, 2.05) is 24.3 Å². The molecule has 1 saturated heterocycles. The predicted molar refractivity (Wildman–Crippen MR) is 105 cm³/mol. The molecule has 2 amide bonds. The molecule has 0 aliphatic carbocycles. The highest BCUT2D eigenvalue weighted by Crippen LogP contribution is 2.29. The van der Waals surface area contributed by atoms with Crippen LogP contribution < -0.4 is 20.3 Å². The van der Waals surface area contributed by atoms with E-state index in [0.717, 1.165) is 31.9 Å². The molecule has 0 radical (unpaired) electrons. The van der Waals surface area contributed by atoms with Gasteiger partial charge in [0.25, 0.3) is 11.8 Å². The maximum absolute atomic E-state index is 12.5. The van der Waals surface area contributed by atoms with Crippen molar-refractivity contribution in [1.82, 2.24) is 4.90 Å². The number of hydrogen-bond donors (Lipinski definition) is 2. The Labute approximate surface area is 157 Å². The second-order valence-electron chi connectivity index (χ2n) is 6.84. The van der Waals surface area contributed by atoms with Crippen LogP contribution in [-0.2, 0) is 4.79 Å². The number of nitrogens with one attached hydrogen (secondary N) is 2. The van der Waals surface area contributed by atoms with Crippen molar-refractivity contribution in [3.63, 3.8) is 0 Å². The SMILES string of the molecule is CN1CCN(c2ccc(NC(=O)c3ccc4c(c3)OCC(=O)N4)cc2)CC1. The van der Waals surface area contributed by atoms with Gasteiger partial charge in [0.2, 0.25) is 0 Å². The molecule has 2 aliphatic heterocycles. The van der Waals surface area contributed by atoms with Crippen molar-refractivity contribution in [2.24, 2.45) is 0 Å². The third-order valence-electron chi connectivity index (χ3n) is 4.87. The highest BCUT2D eigenvalue weighted by Gasteiger charge is 2.18. The van der Waals surface area contributed by atoms with Crippen molar-refractivity contribution in [3.05, 3.63) is 48.0 Å². The molecule has 0 saturated carbocycles. The van der Waals surface area contributed by atoms with Crippen LogP contribution in [0.3, 0.4) is 0 Å². The van der Waals surface area contributed by atoms with Crippen molar-refractivity contribution in [2.45, 2.75) is 0 Å². The van der Waals surface area contributed by atoms with Crippen molar-refractivity contribution < 1.29 is 14.3 Å². The standard InChI is InChI=1S/C20H22N4O3/c1-23-8-10-24(11-9-23)16-5-3-15(4-6-16)21-20(26)14-2-7-17-18(12-14)27-13-19(25)22-17/h2-7,12H,8-11,13H2,1H3,(H,21,26)(H,22,25). The fraction of sp³-hybridized carbons (Fsp3) is 0.300. The first kappa shape index (κ1) is 17.4. The normalized spacial score (nSPS) is 16.9. The molecule has 2 N–H and O–H groups in total. The third-order valence-corrected chi connectivity index (χ3v) is 4.87. The molecule has 0 unspecified atom stereocenters. The maximum Gasteiger partial charge on any atom is 0.262 e. The number of rotatable bonds is 3. The zero-order valence-electron chi connectivity index (χ0n) is 15.2. The van der Waals surface area contributed by atoms with Crippen molar-refractivity contribution in [2.75, 3.05) is 55.4 Å². The van der Waals surface area contributed by atoms with Crippen LogP contribution in [-0.4, -0.2) is 56.5 Å². The summed E-state index contributed by atoms with van der Waals surface area (Å²) in [5, 5.41) is 5.61. The van der Waals surface area contributed by atoms with E-state index < -0.39 is 0 Å². The largest absolute Gasteiger partial charge is 0.482 e. The molecule has 27 heavy (non-hydrogen) atoms. The molecule has 2 aromatic rings. The first-order valence-corrected chi connectivity index (χ1v) is 9.00. The molecular weight excluding hydrogens is 344 g/mol. The van der Waals surface area contributed by atoms with Gasteiger partial charge < -0.3 is 25.2 Å². The van der Waals surface area contributed by atoms with Crippen LogP contribution in [0, 0.1) is 0 Å². The molecule has 7 heteroatoms. The lowest BCUT2D eigenvalue weighted by molar-refractivity contribution is -0.118. The average Bonchev–Trinajstić information content (AvgIpc) is 2.69. The van der Waals surface area contributed by atoms with Crippen LogP contribution in [0.4, 0.5) is 17.1 Å². The number of piperazine rings is 1. The Kier molecular flexibility index (Phi) is 4.68. The molecule has 0 bridgehead atoms. The van der Waals surface area contributed by atoms with E-state index in [1.54, 1.807) is 18.2 Å². The topological polar surface area (TPSA) is 73.9 Å². The monoisotopic (exact) mass is 366 g/mol. The number of nitrogens with zero attached hydrogens (tertiary/aromatic N) is 2. The van der Waals surface area contributed by atoms with Crippen molar-refractivity contribution in [3.8, 4) is 5.75 Å². The third kappa shape index (κ3) is 3.88. The Morgan fingerprint density at radius 3 is 2.56 bits per heavy atom. The lowest BCUT2D eigenvalue weighted by Crippen LogP contribution is -2.44. The summed E-state index contributed by atoms with van der Waals surface area (Å²) >= 11 is 0. The zero-order chi connectivity index (χ0) is 18.8. The highest BCUT2D eigenvalue weighted by atomic mass is 16.5. The van der Waals surface area contributed by atoms with Crippen LogP contribution in [0.2, 0.25) is 0 Å². The molecule has 140 valence electrons. The smallest absolute Gasteiger partial charge is 0.262 e. The number of anilines is 3. The summed E-state index contributed by atoms with van der Waals surface area (Å²) in [7, 11) is 2.13. The minimum absolute atomic E-state index is 0.0359. The van der Waals surface area contributed by atoms with E-state index >= 15 is 0 Å². The van der Waals surface area contributed by atoms with Crippen molar-refractivity contribution in [1.29, 1.82) is 0 Å². The molecule has 2 aromatic carbocycles. The van der Waals surface area contributed by atoms with E-state index in [1.165, 1.54) is 5.69 Å². The lowest BCUT2D eigenvalue weighted by Gasteiger charge is -2.34. The summed E-state index contributed by atoms with van der Waals surface area (Å²) < 4.78 is 5.37. The molecule has 2 heterocycles. The molecule has 4 rings (SSSR count). The summed E-state index contributed by atoms with van der Waals surface area (Å²) in [6.07, 6.45) is 0. The molecule has 7 nitrogen and oxygen atoms in total. The quantitative estimate of drug-likeness (QED) is 0.869. The van der Waals surface area contributed by atoms with E-state index in [9.17, 15) is 9.59 Å². The van der Waals surface area contributed by atoms with Gasteiger partial charge in [0.1, 0.15) is 5.75 Å². The number of hydrogen-bond acceptors (Lipinski definition) is 5. The minimum atomic E-state index is -0.217. The van der Waals surface area contributed by atoms with Gasteiger partial charge in [0.05, 0.1) is 5.69 Å². The van der Waals surface area contributed by atoms with Crippen LogP contribution in [0.1, 0.15) is 10.4 Å². The van der Waals surface area contributed by atoms with Gasteiger partial charge >= 0.3 is 0 Å². The van der Waals surface area contributed by atoms with E-state index in [0.29, 0.717) is 17.0 Å². The van der Waals surface area contributed by atoms with Gasteiger partial charge in [-0.3, -0.25) is 9.59 Å². The Morgan fingerprint density at radius 1 is 1.07 bits per heavy atom. The van der Waals surface area contributed by atoms with Gasteiger partial charge in [-0.1, -0.05) is 0 Å². The average molecular weight is 366 g/mol. The summed E-state index contributed by atoms with van der Waals surface area (Å²) in [6, 6.07) is 12.9. The summed E-state index contributed by atoms with van der Waals surface area (Å²) in [6.45, 7) is 4.09. The van der Waals surface area contributed by atoms with Gasteiger partial charge in [-0.2, -0.15) is 0 Å². The number of likely N-dealkylation sites (N-methyl/N-ethyl adjacent to an activating group) is 1. The minimum Gasteiger partial charge on any atom is -0.482 e. The highest BCUT2D eigenvalue weighted by molar-refractivity contribution is 6.05. The fourth-order valence-corrected chi connectivity index (χ4v) is 3.24. The van der Waals surface area contributed by atoms with Crippen LogP contribution in [0.15, 0.2) is 42.5 Å². The Hall–Kier alpha value is -3.06. The zero-order valence-corrected chi connectivity index (χ0v) is 15.2. The first-order valence-electron chi connectivity index (χ1n) is 9.00. The number of amides is 2.